The first-order chi connectivity index (χ1) is 7.41. The molecule has 0 N–H and O–H groups in total. The summed E-state index contributed by atoms with van der Waals surface area (Å²) in [6, 6.07) is 6.65. The Morgan fingerprint density at radius 3 is 2.25 bits per heavy atom. The molecule has 1 aliphatic carbocycles. The molecule has 0 bridgehead atoms. The van der Waals surface area contributed by atoms with E-state index in [4.69, 9.17) is 0 Å². The second kappa shape index (κ2) is 3.42. The van der Waals surface area contributed by atoms with Gasteiger partial charge in [0.25, 0.3) is 0 Å². The fraction of sp³-hybridized carbons (Fsp3) is 0.0833. The highest BCUT2D eigenvalue weighted by molar-refractivity contribution is 8.00. The highest BCUT2D eigenvalue weighted by atomic mass is 32.2. The van der Waals surface area contributed by atoms with Crippen LogP contribution in [0.2, 0.25) is 0 Å². The molecular formula is C12H10O3S. The molecule has 1 aromatic carbocycles. The molecule has 0 heterocycles. The number of fused-ring (bicyclic) bond motifs is 1. The van der Waals surface area contributed by atoms with Gasteiger partial charge < -0.3 is 0 Å². The van der Waals surface area contributed by atoms with Gasteiger partial charge in [-0.05, 0) is 6.08 Å². The first-order valence-corrected chi connectivity index (χ1v) is 6.55. The molecule has 0 radical (unpaired) electrons. The summed E-state index contributed by atoms with van der Waals surface area (Å²) in [7, 11) is -3.35. The first kappa shape index (κ1) is 10.8. The van der Waals surface area contributed by atoms with Crippen LogP contribution in [0.5, 0.6) is 0 Å². The monoisotopic (exact) mass is 234 g/mol. The number of allylic oxidation sites excluding steroid dienone is 2. The molecule has 0 saturated heterocycles. The molecule has 1 aromatic rings. The molecule has 0 atom stereocenters. The molecule has 3 nitrogen and oxygen atoms in total. The molecular weight excluding hydrogens is 224 g/mol. The van der Waals surface area contributed by atoms with E-state index >= 15 is 0 Å². The van der Waals surface area contributed by atoms with Gasteiger partial charge in [-0.25, -0.2) is 8.42 Å². The predicted octanol–water partition coefficient (Wildman–Crippen LogP) is 1.82. The Kier molecular flexibility index (Phi) is 2.31. The van der Waals surface area contributed by atoms with Gasteiger partial charge in [0.15, 0.2) is 15.6 Å². The van der Waals surface area contributed by atoms with E-state index in [1.807, 2.05) is 0 Å². The van der Waals surface area contributed by atoms with E-state index < -0.39 is 9.84 Å². The maximum atomic E-state index is 11.8. The Bertz CT molecular complexity index is 621. The molecule has 0 aliphatic heterocycles. The van der Waals surface area contributed by atoms with Gasteiger partial charge >= 0.3 is 0 Å². The Morgan fingerprint density at radius 2 is 1.69 bits per heavy atom. The maximum absolute atomic E-state index is 11.8. The number of rotatable bonds is 1. The van der Waals surface area contributed by atoms with Crippen LogP contribution in [0.25, 0.3) is 4.91 Å². The van der Waals surface area contributed by atoms with Crippen LogP contribution < -0.4 is 0 Å². The number of benzene rings is 1. The second-order valence-corrected chi connectivity index (χ2v) is 5.66. The number of ketones is 1. The smallest absolute Gasteiger partial charge is 0.193 e. The highest BCUT2D eigenvalue weighted by Crippen LogP contribution is 2.31. The molecule has 0 unspecified atom stereocenters. The molecule has 0 fully saturated rings. The second-order valence-electron chi connectivity index (χ2n) is 3.68. The summed E-state index contributed by atoms with van der Waals surface area (Å²) in [5.74, 6) is -0.219. The van der Waals surface area contributed by atoms with Crippen molar-refractivity contribution >= 4 is 20.5 Å². The Labute approximate surface area is 94.0 Å². The Balaban J connectivity index is 2.80. The number of hydrogen-bond donors (Lipinski definition) is 0. The van der Waals surface area contributed by atoms with Crippen LogP contribution >= 0.6 is 0 Å². The lowest BCUT2D eigenvalue weighted by atomic mass is 9.93. The van der Waals surface area contributed by atoms with Crippen molar-refractivity contribution in [3.8, 4) is 0 Å². The molecule has 82 valence electrons. The zero-order chi connectivity index (χ0) is 11.9. The van der Waals surface area contributed by atoms with Crippen LogP contribution in [-0.2, 0) is 9.84 Å². The van der Waals surface area contributed by atoms with Crippen molar-refractivity contribution in [1.29, 1.82) is 0 Å². The molecule has 0 amide bonds. The van der Waals surface area contributed by atoms with Crippen LogP contribution in [0.3, 0.4) is 0 Å². The quantitative estimate of drug-likeness (QED) is 0.696. The van der Waals surface area contributed by atoms with Crippen LogP contribution in [0, 0.1) is 0 Å². The summed E-state index contributed by atoms with van der Waals surface area (Å²) < 4.78 is 23.2. The minimum absolute atomic E-state index is 0.160. The third kappa shape index (κ3) is 1.61. The first-order valence-electron chi connectivity index (χ1n) is 4.66. The van der Waals surface area contributed by atoms with Crippen molar-refractivity contribution in [1.82, 2.24) is 0 Å². The van der Waals surface area contributed by atoms with Crippen molar-refractivity contribution in [3.63, 3.8) is 0 Å². The minimum atomic E-state index is -3.35. The van der Waals surface area contributed by atoms with Crippen LogP contribution in [0.4, 0.5) is 0 Å². The van der Waals surface area contributed by atoms with Gasteiger partial charge in [-0.1, -0.05) is 30.8 Å². The fourth-order valence-corrected chi connectivity index (χ4v) is 2.61. The Hall–Kier alpha value is -1.68. The van der Waals surface area contributed by atoms with Crippen LogP contribution in [0.15, 0.2) is 42.5 Å². The van der Waals surface area contributed by atoms with E-state index in [0.29, 0.717) is 11.1 Å². The van der Waals surface area contributed by atoms with Crippen molar-refractivity contribution in [3.05, 3.63) is 53.6 Å². The maximum Gasteiger partial charge on any atom is 0.193 e. The van der Waals surface area contributed by atoms with E-state index in [9.17, 15) is 13.2 Å². The summed E-state index contributed by atoms with van der Waals surface area (Å²) in [6.45, 7) is 3.57. The standard InChI is InChI=1S/C12H10O3S/c1-8-7-11(16(2,14)15)9-5-3-4-6-10(9)12(8)13/h3-7H,1H2,2H3. The molecule has 4 heteroatoms. The normalized spacial score (nSPS) is 15.7. The summed E-state index contributed by atoms with van der Waals surface area (Å²) >= 11 is 0. The zero-order valence-electron chi connectivity index (χ0n) is 8.73. The van der Waals surface area contributed by atoms with Gasteiger partial charge in [0.05, 0.1) is 4.91 Å². The van der Waals surface area contributed by atoms with Crippen molar-refractivity contribution in [2.75, 3.05) is 6.26 Å². The minimum Gasteiger partial charge on any atom is -0.289 e. The van der Waals surface area contributed by atoms with Crippen molar-refractivity contribution in [2.45, 2.75) is 0 Å². The number of carbonyl (C=O) groups excluding carboxylic acids is 1. The summed E-state index contributed by atoms with van der Waals surface area (Å²) in [5, 5.41) is 0. The van der Waals surface area contributed by atoms with Gasteiger partial charge in [-0.15, -0.1) is 0 Å². The van der Waals surface area contributed by atoms with E-state index in [1.54, 1.807) is 24.3 Å². The van der Waals surface area contributed by atoms with E-state index in [1.165, 1.54) is 6.08 Å². The third-order valence-corrected chi connectivity index (χ3v) is 3.57. The van der Waals surface area contributed by atoms with Gasteiger partial charge in [-0.2, -0.15) is 0 Å². The SMILES string of the molecule is C=C1C=C(S(C)(=O)=O)c2ccccc2C1=O. The third-order valence-electron chi connectivity index (χ3n) is 2.43. The van der Waals surface area contributed by atoms with Gasteiger partial charge in [0.2, 0.25) is 0 Å². The largest absolute Gasteiger partial charge is 0.289 e. The van der Waals surface area contributed by atoms with Crippen LogP contribution in [0.1, 0.15) is 15.9 Å². The van der Waals surface area contributed by atoms with Gasteiger partial charge in [0, 0.05) is 23.0 Å². The van der Waals surface area contributed by atoms with Crippen molar-refractivity contribution in [2.24, 2.45) is 0 Å². The van der Waals surface area contributed by atoms with Crippen LogP contribution in [-0.4, -0.2) is 20.5 Å². The molecule has 0 saturated carbocycles. The summed E-state index contributed by atoms with van der Waals surface area (Å²) in [6.07, 6.45) is 2.46. The fourth-order valence-electron chi connectivity index (χ4n) is 1.68. The number of Topliss-reactive ketones (excluding diaryl/α,β-unsaturated/α-hetero) is 1. The average molecular weight is 234 g/mol. The number of hydrogen-bond acceptors (Lipinski definition) is 3. The number of carbonyl (C=O) groups is 1. The zero-order valence-corrected chi connectivity index (χ0v) is 9.54. The summed E-state index contributed by atoms with van der Waals surface area (Å²) in [5.41, 5.74) is 1.07. The summed E-state index contributed by atoms with van der Waals surface area (Å²) in [4.78, 5) is 11.9. The van der Waals surface area contributed by atoms with Gasteiger partial charge in [0.1, 0.15) is 0 Å². The van der Waals surface area contributed by atoms with E-state index in [0.717, 1.165) is 6.26 Å². The molecule has 2 rings (SSSR count). The lowest BCUT2D eigenvalue weighted by Gasteiger charge is -2.16. The Morgan fingerprint density at radius 1 is 1.12 bits per heavy atom. The molecule has 0 aromatic heterocycles. The van der Waals surface area contributed by atoms with E-state index in [2.05, 4.69) is 6.58 Å². The molecule has 0 spiro atoms. The lowest BCUT2D eigenvalue weighted by molar-refractivity contribution is 0.103. The predicted molar refractivity (Wildman–Crippen MR) is 62.7 cm³/mol. The number of sulfone groups is 1. The average Bonchev–Trinajstić information content (AvgIpc) is 2.22. The van der Waals surface area contributed by atoms with Gasteiger partial charge in [-0.3, -0.25) is 4.79 Å². The topological polar surface area (TPSA) is 51.2 Å². The van der Waals surface area contributed by atoms with Crippen molar-refractivity contribution < 1.29 is 13.2 Å². The highest BCUT2D eigenvalue weighted by Gasteiger charge is 2.26. The molecule has 1 aliphatic rings. The van der Waals surface area contributed by atoms with E-state index in [-0.39, 0.29) is 16.3 Å². The lowest BCUT2D eigenvalue weighted by Crippen LogP contribution is -2.14. The molecule has 16 heavy (non-hydrogen) atoms.